The molecule has 0 N–H and O–H groups in total. The van der Waals surface area contributed by atoms with Gasteiger partial charge in [-0.25, -0.2) is 17.6 Å². The minimum absolute atomic E-state index is 0.131. The Hall–Kier alpha value is -3.09. The van der Waals surface area contributed by atoms with Gasteiger partial charge in [-0.2, -0.15) is 13.2 Å². The van der Waals surface area contributed by atoms with E-state index < -0.39 is 46.2 Å². The quantitative estimate of drug-likeness (QED) is 0.306. The van der Waals surface area contributed by atoms with Crippen LogP contribution in [0.2, 0.25) is 0 Å². The van der Waals surface area contributed by atoms with Gasteiger partial charge in [0.2, 0.25) is 0 Å². The Morgan fingerprint density at radius 3 is 1.69 bits per heavy atom. The van der Waals surface area contributed by atoms with Gasteiger partial charge in [0, 0.05) is 5.56 Å². The summed E-state index contributed by atoms with van der Waals surface area (Å²) in [7, 11) is 0. The van der Waals surface area contributed by atoms with Gasteiger partial charge in [-0.1, -0.05) is 42.0 Å². The van der Waals surface area contributed by atoms with E-state index in [9.17, 15) is 30.7 Å². The molecule has 0 amide bonds. The number of benzene rings is 3. The first-order chi connectivity index (χ1) is 13.6. The summed E-state index contributed by atoms with van der Waals surface area (Å²) in [6, 6.07) is 10.9. The lowest BCUT2D eigenvalue weighted by Gasteiger charge is -2.10. The molecule has 0 aliphatic carbocycles. The van der Waals surface area contributed by atoms with Crippen molar-refractivity contribution in [3.63, 3.8) is 0 Å². The van der Waals surface area contributed by atoms with Crippen LogP contribution in [0.4, 0.5) is 30.7 Å². The van der Waals surface area contributed by atoms with Gasteiger partial charge in [0.1, 0.15) is 11.6 Å². The zero-order chi connectivity index (χ0) is 21.3. The van der Waals surface area contributed by atoms with Crippen molar-refractivity contribution < 1.29 is 30.7 Å². The van der Waals surface area contributed by atoms with Crippen molar-refractivity contribution >= 4 is 11.7 Å². The largest absolute Gasteiger partial charge is 0.416 e. The van der Waals surface area contributed by atoms with Crippen LogP contribution in [0.25, 0.3) is 22.8 Å². The van der Waals surface area contributed by atoms with E-state index in [2.05, 4.69) is 0 Å². The van der Waals surface area contributed by atoms with Crippen LogP contribution in [0.15, 0.2) is 60.7 Å². The number of hydrogen-bond acceptors (Lipinski definition) is 0. The number of hydrogen-bond donors (Lipinski definition) is 0. The average molecular weight is 410 g/mol. The Morgan fingerprint density at radius 2 is 1.21 bits per heavy atom. The van der Waals surface area contributed by atoms with Gasteiger partial charge in [0.25, 0.3) is 0 Å². The molecule has 3 rings (SSSR count). The molecule has 0 aromatic heterocycles. The van der Waals surface area contributed by atoms with Gasteiger partial charge >= 0.3 is 6.18 Å². The van der Waals surface area contributed by atoms with E-state index in [0.29, 0.717) is 29.8 Å². The number of aryl methyl sites for hydroxylation is 1. The lowest BCUT2D eigenvalue weighted by atomic mass is 10.0. The third-order valence-corrected chi connectivity index (χ3v) is 4.30. The van der Waals surface area contributed by atoms with Gasteiger partial charge < -0.3 is 0 Å². The topological polar surface area (TPSA) is 0 Å². The normalized spacial score (nSPS) is 12.7. The second-order valence-electron chi connectivity index (χ2n) is 6.38. The molecule has 0 atom stereocenters. The van der Waals surface area contributed by atoms with Crippen LogP contribution >= 0.6 is 0 Å². The Kier molecular flexibility index (Phi) is 5.50. The zero-order valence-corrected chi connectivity index (χ0v) is 14.9. The SMILES string of the molecule is Cc1ccc(-c2cc(F)c(/C(F)=C(\F)c3ccc(C(F)(F)F)cc3)c(F)c2)cc1. The van der Waals surface area contributed by atoms with Crippen molar-refractivity contribution in [1.29, 1.82) is 0 Å². The van der Waals surface area contributed by atoms with E-state index in [1.54, 1.807) is 24.3 Å². The summed E-state index contributed by atoms with van der Waals surface area (Å²) < 4.78 is 95.3. The molecule has 3 aromatic carbocycles. The second kappa shape index (κ2) is 7.73. The molecular formula is C22H13F7. The van der Waals surface area contributed by atoms with Crippen molar-refractivity contribution in [3.8, 4) is 11.1 Å². The Bertz CT molecular complexity index is 1040. The second-order valence-corrected chi connectivity index (χ2v) is 6.38. The molecule has 0 heterocycles. The van der Waals surface area contributed by atoms with Crippen LogP contribution < -0.4 is 0 Å². The summed E-state index contributed by atoms with van der Waals surface area (Å²) in [6.07, 6.45) is -4.65. The molecule has 7 heteroatoms. The van der Waals surface area contributed by atoms with E-state index >= 15 is 0 Å². The van der Waals surface area contributed by atoms with Crippen molar-refractivity contribution in [2.24, 2.45) is 0 Å². The Balaban J connectivity index is 2.01. The minimum Gasteiger partial charge on any atom is -0.206 e. The maximum absolute atomic E-state index is 14.5. The molecule has 150 valence electrons. The minimum atomic E-state index is -4.65. The molecule has 0 saturated heterocycles. The molecule has 0 aliphatic heterocycles. The van der Waals surface area contributed by atoms with Crippen molar-refractivity contribution in [2.45, 2.75) is 13.1 Å². The first kappa shape index (κ1) is 20.6. The lowest BCUT2D eigenvalue weighted by molar-refractivity contribution is -0.137. The predicted octanol–water partition coefficient (Wildman–Crippen LogP) is 7.72. The highest BCUT2D eigenvalue weighted by atomic mass is 19.4. The summed E-state index contributed by atoms with van der Waals surface area (Å²) >= 11 is 0. The highest BCUT2D eigenvalue weighted by Crippen LogP contribution is 2.36. The molecule has 0 fully saturated rings. The fourth-order valence-electron chi connectivity index (χ4n) is 2.74. The van der Waals surface area contributed by atoms with Crippen LogP contribution in [0.1, 0.15) is 22.3 Å². The molecule has 0 nitrogen and oxygen atoms in total. The average Bonchev–Trinajstić information content (AvgIpc) is 2.66. The van der Waals surface area contributed by atoms with Crippen LogP contribution in [0, 0.1) is 18.6 Å². The molecule has 0 unspecified atom stereocenters. The summed E-state index contributed by atoms with van der Waals surface area (Å²) in [5.41, 5.74) is -1.32. The Labute approximate surface area is 161 Å². The van der Waals surface area contributed by atoms with E-state index in [4.69, 9.17) is 0 Å². The predicted molar refractivity (Wildman–Crippen MR) is 97.0 cm³/mol. The Morgan fingerprint density at radius 1 is 0.690 bits per heavy atom. The number of alkyl halides is 3. The van der Waals surface area contributed by atoms with Gasteiger partial charge in [0.05, 0.1) is 11.1 Å². The third kappa shape index (κ3) is 4.34. The maximum atomic E-state index is 14.5. The van der Waals surface area contributed by atoms with E-state index in [0.717, 1.165) is 17.7 Å². The summed E-state index contributed by atoms with van der Waals surface area (Å²) in [5, 5.41) is 0. The molecule has 0 spiro atoms. The molecule has 0 saturated carbocycles. The smallest absolute Gasteiger partial charge is 0.206 e. The van der Waals surface area contributed by atoms with Gasteiger partial charge in [-0.05, 0) is 42.3 Å². The van der Waals surface area contributed by atoms with Gasteiger partial charge in [0.15, 0.2) is 11.7 Å². The summed E-state index contributed by atoms with van der Waals surface area (Å²) in [4.78, 5) is 0. The molecule has 0 bridgehead atoms. The molecule has 3 aromatic rings. The highest BCUT2D eigenvalue weighted by Gasteiger charge is 2.30. The first-order valence-electron chi connectivity index (χ1n) is 8.37. The van der Waals surface area contributed by atoms with Crippen LogP contribution in [0.5, 0.6) is 0 Å². The standard InChI is InChI=1S/C22H13F7/c1-12-2-4-13(5-3-12)15-10-17(23)19(18(24)11-15)21(26)20(25)14-6-8-16(9-7-14)22(27,28)29/h2-11H,1H3/b21-20+. The van der Waals surface area contributed by atoms with Gasteiger partial charge in [-0.3, -0.25) is 0 Å². The highest BCUT2D eigenvalue weighted by molar-refractivity contribution is 5.84. The van der Waals surface area contributed by atoms with Crippen LogP contribution in [-0.4, -0.2) is 0 Å². The monoisotopic (exact) mass is 410 g/mol. The van der Waals surface area contributed by atoms with Crippen molar-refractivity contribution in [2.75, 3.05) is 0 Å². The summed E-state index contributed by atoms with van der Waals surface area (Å²) in [5.74, 6) is -6.17. The van der Waals surface area contributed by atoms with E-state index in [1.807, 2.05) is 6.92 Å². The summed E-state index contributed by atoms with van der Waals surface area (Å²) in [6.45, 7) is 1.83. The fraction of sp³-hybridized carbons (Fsp3) is 0.0909. The zero-order valence-electron chi connectivity index (χ0n) is 14.9. The van der Waals surface area contributed by atoms with Crippen LogP contribution in [-0.2, 0) is 6.18 Å². The number of halogens is 7. The van der Waals surface area contributed by atoms with E-state index in [-0.39, 0.29) is 5.56 Å². The van der Waals surface area contributed by atoms with Crippen molar-refractivity contribution in [1.82, 2.24) is 0 Å². The van der Waals surface area contributed by atoms with Gasteiger partial charge in [-0.15, -0.1) is 0 Å². The van der Waals surface area contributed by atoms with E-state index in [1.165, 1.54) is 0 Å². The first-order valence-corrected chi connectivity index (χ1v) is 8.37. The number of rotatable bonds is 3. The molecule has 0 radical (unpaired) electrons. The maximum Gasteiger partial charge on any atom is 0.416 e. The van der Waals surface area contributed by atoms with Crippen molar-refractivity contribution in [3.05, 3.63) is 94.6 Å². The molecule has 0 aliphatic rings. The molecule has 29 heavy (non-hydrogen) atoms. The van der Waals surface area contributed by atoms with Crippen LogP contribution in [0.3, 0.4) is 0 Å². The third-order valence-electron chi connectivity index (χ3n) is 4.30. The lowest BCUT2D eigenvalue weighted by Crippen LogP contribution is -2.04. The molecular weight excluding hydrogens is 397 g/mol. The fourth-order valence-corrected chi connectivity index (χ4v) is 2.74.